The van der Waals surface area contributed by atoms with E-state index in [0.29, 0.717) is 6.04 Å². The van der Waals surface area contributed by atoms with Crippen molar-refractivity contribution in [3.8, 4) is 0 Å². The van der Waals surface area contributed by atoms with Gasteiger partial charge in [0.15, 0.2) is 5.65 Å². The van der Waals surface area contributed by atoms with Gasteiger partial charge in [-0.15, -0.1) is 0 Å². The lowest BCUT2D eigenvalue weighted by Gasteiger charge is -2.22. The fourth-order valence-corrected chi connectivity index (χ4v) is 2.35. The van der Waals surface area contributed by atoms with Gasteiger partial charge in [0.2, 0.25) is 0 Å². The third-order valence-corrected chi connectivity index (χ3v) is 3.29. The summed E-state index contributed by atoms with van der Waals surface area (Å²) in [6.45, 7) is 2.16. The Kier molecular flexibility index (Phi) is 2.68. The first kappa shape index (κ1) is 10.5. The van der Waals surface area contributed by atoms with Gasteiger partial charge in [-0.1, -0.05) is 0 Å². The quantitative estimate of drug-likeness (QED) is 0.853. The molecule has 2 aromatic rings. The zero-order valence-corrected chi connectivity index (χ0v) is 10.0. The molecule has 90 valence electrons. The molecule has 1 atom stereocenters. The van der Waals surface area contributed by atoms with E-state index in [4.69, 9.17) is 0 Å². The summed E-state index contributed by atoms with van der Waals surface area (Å²) in [7, 11) is 2.09. The number of hydrogen-bond donors (Lipinski definition) is 1. The Morgan fingerprint density at radius 1 is 1.53 bits per heavy atom. The number of hydrogen-bond acceptors (Lipinski definition) is 4. The highest BCUT2D eigenvalue weighted by molar-refractivity contribution is 5.46. The zero-order chi connectivity index (χ0) is 11.7. The van der Waals surface area contributed by atoms with E-state index in [1.54, 1.807) is 10.7 Å². The molecule has 1 aliphatic heterocycles. The van der Waals surface area contributed by atoms with E-state index in [2.05, 4.69) is 27.3 Å². The van der Waals surface area contributed by atoms with Crippen LogP contribution in [0.15, 0.2) is 24.5 Å². The first-order chi connectivity index (χ1) is 8.33. The van der Waals surface area contributed by atoms with Gasteiger partial charge in [-0.25, -0.2) is 9.50 Å². The lowest BCUT2D eigenvalue weighted by atomic mass is 10.2. The number of rotatable bonds is 3. The number of nitrogens with zero attached hydrogens (tertiary/aromatic N) is 4. The van der Waals surface area contributed by atoms with Gasteiger partial charge in [-0.2, -0.15) is 5.10 Å². The summed E-state index contributed by atoms with van der Waals surface area (Å²) >= 11 is 0. The number of aromatic nitrogens is 3. The van der Waals surface area contributed by atoms with Gasteiger partial charge in [0.05, 0.1) is 6.20 Å². The fourth-order valence-electron chi connectivity index (χ4n) is 2.35. The molecule has 0 saturated carbocycles. The van der Waals surface area contributed by atoms with Crippen molar-refractivity contribution in [3.63, 3.8) is 0 Å². The average molecular weight is 231 g/mol. The molecule has 5 heteroatoms. The van der Waals surface area contributed by atoms with Crippen LogP contribution in [-0.2, 0) is 0 Å². The van der Waals surface area contributed by atoms with Gasteiger partial charge in [0.1, 0.15) is 5.82 Å². The van der Waals surface area contributed by atoms with E-state index >= 15 is 0 Å². The average Bonchev–Trinajstić information content (AvgIpc) is 2.97. The molecular formula is C12H17N5. The first-order valence-corrected chi connectivity index (χ1v) is 6.08. The second kappa shape index (κ2) is 4.33. The molecule has 1 saturated heterocycles. The van der Waals surface area contributed by atoms with E-state index in [-0.39, 0.29) is 0 Å². The summed E-state index contributed by atoms with van der Waals surface area (Å²) in [5.74, 6) is 1.01. The number of nitrogens with one attached hydrogen (secondary N) is 1. The maximum absolute atomic E-state index is 4.58. The molecule has 0 aliphatic carbocycles. The van der Waals surface area contributed by atoms with Crippen LogP contribution in [0.2, 0.25) is 0 Å². The Hall–Kier alpha value is -1.62. The molecule has 0 amide bonds. The lowest BCUT2D eigenvalue weighted by molar-refractivity contribution is 0.597. The highest BCUT2D eigenvalue weighted by Gasteiger charge is 2.16. The van der Waals surface area contributed by atoms with E-state index < -0.39 is 0 Å². The monoisotopic (exact) mass is 231 g/mol. The minimum atomic E-state index is 0.600. The van der Waals surface area contributed by atoms with Crippen LogP contribution in [-0.4, -0.2) is 40.8 Å². The molecule has 1 unspecified atom stereocenters. The Labute approximate surface area is 100 Å². The predicted molar refractivity (Wildman–Crippen MR) is 67.3 cm³/mol. The van der Waals surface area contributed by atoms with Crippen LogP contribution in [0.4, 0.5) is 5.82 Å². The van der Waals surface area contributed by atoms with Crippen LogP contribution in [0.1, 0.15) is 12.8 Å². The second-order valence-electron chi connectivity index (χ2n) is 4.59. The normalized spacial score (nSPS) is 19.9. The third-order valence-electron chi connectivity index (χ3n) is 3.29. The summed E-state index contributed by atoms with van der Waals surface area (Å²) in [6.07, 6.45) is 6.27. The lowest BCUT2D eigenvalue weighted by Crippen LogP contribution is -2.35. The summed E-state index contributed by atoms with van der Waals surface area (Å²) in [6, 6.07) is 4.53. The third kappa shape index (κ3) is 2.10. The zero-order valence-electron chi connectivity index (χ0n) is 10.0. The number of likely N-dealkylation sites (N-methyl/N-ethyl adjacent to an activating group) is 1. The van der Waals surface area contributed by atoms with Crippen molar-refractivity contribution in [2.45, 2.75) is 18.9 Å². The maximum Gasteiger partial charge on any atom is 0.157 e. The smallest absolute Gasteiger partial charge is 0.157 e. The summed E-state index contributed by atoms with van der Waals surface area (Å²) < 4.78 is 1.78. The molecule has 1 aliphatic rings. The Morgan fingerprint density at radius 3 is 3.29 bits per heavy atom. The van der Waals surface area contributed by atoms with Crippen molar-refractivity contribution in [3.05, 3.63) is 24.5 Å². The molecule has 3 rings (SSSR count). The molecule has 5 nitrogen and oxygen atoms in total. The summed E-state index contributed by atoms with van der Waals surface area (Å²) in [5, 5.41) is 7.65. The van der Waals surface area contributed by atoms with Gasteiger partial charge in [-0.3, -0.25) is 0 Å². The Balaban J connectivity index is 1.77. The molecule has 3 heterocycles. The van der Waals surface area contributed by atoms with Gasteiger partial charge in [0, 0.05) is 31.9 Å². The van der Waals surface area contributed by atoms with Crippen LogP contribution in [0, 0.1) is 0 Å². The van der Waals surface area contributed by atoms with E-state index in [1.807, 2.05) is 18.3 Å². The van der Waals surface area contributed by atoms with Gasteiger partial charge < -0.3 is 10.2 Å². The molecule has 0 aromatic carbocycles. The highest BCUT2D eigenvalue weighted by Crippen LogP contribution is 2.13. The van der Waals surface area contributed by atoms with Crippen molar-refractivity contribution in [2.24, 2.45) is 0 Å². The van der Waals surface area contributed by atoms with Gasteiger partial charge in [0.25, 0.3) is 0 Å². The van der Waals surface area contributed by atoms with Crippen molar-refractivity contribution in [2.75, 3.05) is 25.0 Å². The van der Waals surface area contributed by atoms with Crippen molar-refractivity contribution >= 4 is 11.5 Å². The minimum Gasteiger partial charge on any atom is -0.358 e. The summed E-state index contributed by atoms with van der Waals surface area (Å²) in [4.78, 5) is 6.78. The topological polar surface area (TPSA) is 45.5 Å². The summed E-state index contributed by atoms with van der Waals surface area (Å²) in [5.41, 5.74) is 0.897. The minimum absolute atomic E-state index is 0.600. The van der Waals surface area contributed by atoms with Crippen molar-refractivity contribution in [1.82, 2.24) is 19.9 Å². The van der Waals surface area contributed by atoms with Crippen LogP contribution >= 0.6 is 0 Å². The van der Waals surface area contributed by atoms with E-state index in [9.17, 15) is 0 Å². The molecule has 2 aromatic heterocycles. The van der Waals surface area contributed by atoms with Crippen molar-refractivity contribution in [1.29, 1.82) is 0 Å². The van der Waals surface area contributed by atoms with Crippen LogP contribution in [0.25, 0.3) is 5.65 Å². The van der Waals surface area contributed by atoms with Crippen LogP contribution < -0.4 is 10.2 Å². The molecule has 1 fully saturated rings. The van der Waals surface area contributed by atoms with Gasteiger partial charge >= 0.3 is 0 Å². The molecule has 17 heavy (non-hydrogen) atoms. The second-order valence-corrected chi connectivity index (χ2v) is 4.59. The Morgan fingerprint density at radius 2 is 2.47 bits per heavy atom. The van der Waals surface area contributed by atoms with Gasteiger partial charge in [-0.05, 0) is 25.5 Å². The van der Waals surface area contributed by atoms with Crippen molar-refractivity contribution < 1.29 is 0 Å². The largest absolute Gasteiger partial charge is 0.358 e. The standard InChI is InChI=1S/C12H17N5/c1-16(9-10-3-2-6-13-10)11-5-8-17-12(15-11)4-7-14-17/h4-5,7-8,10,13H,2-3,6,9H2,1H3. The van der Waals surface area contributed by atoms with E-state index in [0.717, 1.165) is 24.6 Å². The van der Waals surface area contributed by atoms with E-state index in [1.165, 1.54) is 12.8 Å². The predicted octanol–water partition coefficient (Wildman–Crippen LogP) is 0.917. The fraction of sp³-hybridized carbons (Fsp3) is 0.500. The SMILES string of the molecule is CN(CC1CCCN1)c1ccn2nccc2n1. The Bertz CT molecular complexity index is 500. The number of fused-ring (bicyclic) bond motifs is 1. The molecule has 0 radical (unpaired) electrons. The molecule has 0 spiro atoms. The van der Waals surface area contributed by atoms with Crippen LogP contribution in [0.3, 0.4) is 0 Å². The number of anilines is 1. The molecule has 1 N–H and O–H groups in total. The maximum atomic E-state index is 4.58. The molecule has 0 bridgehead atoms. The van der Waals surface area contributed by atoms with Crippen LogP contribution in [0.5, 0.6) is 0 Å². The first-order valence-electron chi connectivity index (χ1n) is 6.08. The highest BCUT2D eigenvalue weighted by atomic mass is 15.3. The molecular weight excluding hydrogens is 214 g/mol.